The molecule has 0 radical (unpaired) electrons. The molecule has 3 nitrogen and oxygen atoms in total. The van der Waals surface area contributed by atoms with E-state index in [0.717, 1.165) is 44.8 Å². The van der Waals surface area contributed by atoms with Crippen molar-refractivity contribution in [2.24, 2.45) is 0 Å². The van der Waals surface area contributed by atoms with Crippen LogP contribution in [0.1, 0.15) is 23.2 Å². The van der Waals surface area contributed by atoms with E-state index in [-0.39, 0.29) is 5.75 Å². The molecule has 0 bridgehead atoms. The van der Waals surface area contributed by atoms with E-state index in [4.69, 9.17) is 4.74 Å². The Morgan fingerprint density at radius 2 is 1.92 bits per heavy atom. The van der Waals surface area contributed by atoms with E-state index in [2.05, 4.69) is 28.5 Å². The molecule has 2 N–H and O–H groups in total. The van der Waals surface area contributed by atoms with Crippen molar-refractivity contribution in [2.75, 3.05) is 19.7 Å². The summed E-state index contributed by atoms with van der Waals surface area (Å²) in [5.74, 6) is -1.15. The van der Waals surface area contributed by atoms with Gasteiger partial charge in [0, 0.05) is 35.6 Å². The fraction of sp³-hybridized carbons (Fsp3) is 0.333. The smallest absolute Gasteiger partial charge is 0.167 e. The first-order valence-corrected chi connectivity index (χ1v) is 9.12. The fourth-order valence-corrected chi connectivity index (χ4v) is 3.74. The maximum Gasteiger partial charge on any atom is 0.167 e. The highest BCUT2D eigenvalue weighted by molar-refractivity contribution is 5.88. The average molecular weight is 356 g/mol. The maximum absolute atomic E-state index is 13.6. The molecule has 0 unspecified atom stereocenters. The van der Waals surface area contributed by atoms with Crippen molar-refractivity contribution >= 4 is 10.9 Å². The Hall–Kier alpha value is -2.40. The Morgan fingerprint density at radius 3 is 2.81 bits per heavy atom. The highest BCUT2D eigenvalue weighted by Crippen LogP contribution is 2.28. The van der Waals surface area contributed by atoms with Gasteiger partial charge in [0.15, 0.2) is 11.6 Å². The van der Waals surface area contributed by atoms with Crippen LogP contribution in [0.25, 0.3) is 10.9 Å². The standard InChI is InChI=1S/C21H22F2N2O/c22-15-6-7-20(17(23)13-15)26-12-2-4-14-3-1-5-19-21(14)16-8-10-24-11-9-18(16)25-19/h1,3,5-7,13,24-25H,2,4,8-12H2. The van der Waals surface area contributed by atoms with Gasteiger partial charge in [0.05, 0.1) is 6.61 Å². The number of hydrogen-bond acceptors (Lipinski definition) is 2. The van der Waals surface area contributed by atoms with Gasteiger partial charge in [-0.05, 0) is 55.1 Å². The molecule has 3 aromatic rings. The molecule has 0 saturated heterocycles. The van der Waals surface area contributed by atoms with E-state index in [1.807, 2.05) is 0 Å². The van der Waals surface area contributed by atoms with E-state index in [0.29, 0.717) is 6.61 Å². The number of aromatic nitrogens is 1. The third kappa shape index (κ3) is 3.44. The van der Waals surface area contributed by atoms with Crippen molar-refractivity contribution in [3.8, 4) is 5.75 Å². The van der Waals surface area contributed by atoms with Crippen LogP contribution in [-0.4, -0.2) is 24.7 Å². The summed E-state index contributed by atoms with van der Waals surface area (Å²) in [6, 6.07) is 9.76. The number of aromatic amines is 1. The Labute approximate surface area is 151 Å². The lowest BCUT2D eigenvalue weighted by Crippen LogP contribution is -2.16. The normalized spacial score (nSPS) is 14.2. The Bertz CT molecular complexity index is 920. The zero-order valence-electron chi connectivity index (χ0n) is 14.6. The van der Waals surface area contributed by atoms with Gasteiger partial charge in [-0.15, -0.1) is 0 Å². The largest absolute Gasteiger partial charge is 0.491 e. The molecule has 26 heavy (non-hydrogen) atoms. The predicted octanol–water partition coefficient (Wildman–Crippen LogP) is 4.15. The number of nitrogens with one attached hydrogen (secondary N) is 2. The molecule has 0 fully saturated rings. The molecule has 1 aliphatic heterocycles. The molecule has 0 spiro atoms. The molecule has 1 aliphatic rings. The first-order valence-electron chi connectivity index (χ1n) is 9.12. The van der Waals surface area contributed by atoms with Crippen molar-refractivity contribution in [1.82, 2.24) is 10.3 Å². The molecule has 0 atom stereocenters. The number of fused-ring (bicyclic) bond motifs is 3. The number of H-pyrrole nitrogens is 1. The molecule has 136 valence electrons. The van der Waals surface area contributed by atoms with Gasteiger partial charge in [-0.25, -0.2) is 8.78 Å². The SMILES string of the molecule is Fc1ccc(OCCCc2cccc3[nH]c4c(c23)CCNCC4)c(F)c1. The van der Waals surface area contributed by atoms with Crippen molar-refractivity contribution < 1.29 is 13.5 Å². The van der Waals surface area contributed by atoms with Gasteiger partial charge in [-0.1, -0.05) is 12.1 Å². The number of halogens is 2. The quantitative estimate of drug-likeness (QED) is 0.674. The highest BCUT2D eigenvalue weighted by Gasteiger charge is 2.16. The molecule has 1 aromatic heterocycles. The molecule has 0 amide bonds. The summed E-state index contributed by atoms with van der Waals surface area (Å²) in [4.78, 5) is 3.57. The van der Waals surface area contributed by atoms with Crippen LogP contribution in [0.2, 0.25) is 0 Å². The van der Waals surface area contributed by atoms with Crippen LogP contribution < -0.4 is 10.1 Å². The Morgan fingerprint density at radius 1 is 1.04 bits per heavy atom. The molecule has 0 saturated carbocycles. The molecular formula is C21H22F2N2O. The Kier molecular flexibility index (Phi) is 4.89. The molecule has 0 aliphatic carbocycles. The first kappa shape index (κ1) is 17.0. The zero-order chi connectivity index (χ0) is 17.9. The first-order chi connectivity index (χ1) is 12.7. The number of hydrogen-bond donors (Lipinski definition) is 2. The van der Waals surface area contributed by atoms with E-state index < -0.39 is 11.6 Å². The lowest BCUT2D eigenvalue weighted by molar-refractivity contribution is 0.295. The highest BCUT2D eigenvalue weighted by atomic mass is 19.1. The van der Waals surface area contributed by atoms with Crippen molar-refractivity contribution in [1.29, 1.82) is 0 Å². The second-order valence-corrected chi connectivity index (χ2v) is 6.70. The number of aryl methyl sites for hydroxylation is 1. The fourth-order valence-electron chi connectivity index (χ4n) is 3.74. The van der Waals surface area contributed by atoms with Gasteiger partial charge in [0.25, 0.3) is 0 Å². The molecular weight excluding hydrogens is 334 g/mol. The van der Waals surface area contributed by atoms with E-state index >= 15 is 0 Å². The monoisotopic (exact) mass is 356 g/mol. The second-order valence-electron chi connectivity index (χ2n) is 6.70. The van der Waals surface area contributed by atoms with Crippen LogP contribution in [-0.2, 0) is 19.3 Å². The van der Waals surface area contributed by atoms with Crippen molar-refractivity contribution in [3.63, 3.8) is 0 Å². The number of ether oxygens (including phenoxy) is 1. The van der Waals surface area contributed by atoms with Crippen LogP contribution in [0.4, 0.5) is 8.78 Å². The van der Waals surface area contributed by atoms with Crippen LogP contribution >= 0.6 is 0 Å². The summed E-state index contributed by atoms with van der Waals surface area (Å²) >= 11 is 0. The van der Waals surface area contributed by atoms with Gasteiger partial charge in [-0.3, -0.25) is 0 Å². The minimum absolute atomic E-state index is 0.103. The summed E-state index contributed by atoms with van der Waals surface area (Å²) < 4.78 is 32.0. The molecule has 2 heterocycles. The zero-order valence-corrected chi connectivity index (χ0v) is 14.6. The van der Waals surface area contributed by atoms with Crippen molar-refractivity contribution in [3.05, 3.63) is 64.9 Å². The number of benzene rings is 2. The molecule has 4 rings (SSSR count). The molecule has 2 aromatic carbocycles. The summed E-state index contributed by atoms with van der Waals surface area (Å²) in [6.45, 7) is 2.40. The van der Waals surface area contributed by atoms with E-state index in [9.17, 15) is 8.78 Å². The average Bonchev–Trinajstić information content (AvgIpc) is 2.82. The van der Waals surface area contributed by atoms with Crippen LogP contribution in [0.15, 0.2) is 36.4 Å². The summed E-state index contributed by atoms with van der Waals surface area (Å²) in [5, 5.41) is 4.77. The third-order valence-electron chi connectivity index (χ3n) is 4.95. The number of rotatable bonds is 5. The topological polar surface area (TPSA) is 37.0 Å². The van der Waals surface area contributed by atoms with Gasteiger partial charge < -0.3 is 15.0 Å². The third-order valence-corrected chi connectivity index (χ3v) is 4.95. The van der Waals surface area contributed by atoms with E-state index in [1.54, 1.807) is 0 Å². The molecule has 5 heteroatoms. The summed E-state index contributed by atoms with van der Waals surface area (Å²) in [7, 11) is 0. The minimum Gasteiger partial charge on any atom is -0.491 e. The Balaban J connectivity index is 1.46. The van der Waals surface area contributed by atoms with E-state index in [1.165, 1.54) is 39.9 Å². The van der Waals surface area contributed by atoms with Gasteiger partial charge >= 0.3 is 0 Å². The van der Waals surface area contributed by atoms with Gasteiger partial charge in [-0.2, -0.15) is 0 Å². The van der Waals surface area contributed by atoms with Crippen LogP contribution in [0.5, 0.6) is 5.75 Å². The summed E-state index contributed by atoms with van der Waals surface area (Å²) in [5.41, 5.74) is 5.25. The predicted molar refractivity (Wildman–Crippen MR) is 98.8 cm³/mol. The van der Waals surface area contributed by atoms with Crippen LogP contribution in [0.3, 0.4) is 0 Å². The van der Waals surface area contributed by atoms with Gasteiger partial charge in [0.1, 0.15) is 5.82 Å². The van der Waals surface area contributed by atoms with Crippen LogP contribution in [0, 0.1) is 11.6 Å². The summed E-state index contributed by atoms with van der Waals surface area (Å²) in [6.07, 6.45) is 3.69. The lowest BCUT2D eigenvalue weighted by atomic mass is 9.99. The minimum atomic E-state index is -0.657. The van der Waals surface area contributed by atoms with Gasteiger partial charge in [0.2, 0.25) is 0 Å². The second kappa shape index (κ2) is 7.46. The maximum atomic E-state index is 13.6. The lowest BCUT2D eigenvalue weighted by Gasteiger charge is -2.09. The van der Waals surface area contributed by atoms with Crippen molar-refractivity contribution in [2.45, 2.75) is 25.7 Å².